The minimum Gasteiger partial charge on any atom is -0.285 e. The molecule has 12 heavy (non-hydrogen) atoms. The van der Waals surface area contributed by atoms with Gasteiger partial charge in [-0.3, -0.25) is 4.79 Å². The summed E-state index contributed by atoms with van der Waals surface area (Å²) in [6, 6.07) is 8.90. The third kappa shape index (κ3) is 8.39. The normalized spacial score (nSPS) is 7.92. The lowest BCUT2D eigenvalue weighted by molar-refractivity contribution is 0.563. The summed E-state index contributed by atoms with van der Waals surface area (Å²) < 4.78 is 0. The van der Waals surface area contributed by atoms with E-state index in [-0.39, 0.29) is 0 Å². The largest absolute Gasteiger partial charge is 0.643 e. The lowest BCUT2D eigenvalue weighted by Gasteiger charge is -1.80. The maximum Gasteiger partial charge on any atom is 0.643 e. The Hall–Kier alpha value is 0.292. The van der Waals surface area contributed by atoms with Crippen LogP contribution in [0, 0.1) is 0 Å². The topological polar surface area (TPSA) is 17.1 Å². The van der Waals surface area contributed by atoms with Crippen molar-refractivity contribution in [1.82, 2.24) is 0 Å². The Morgan fingerprint density at radius 1 is 1.08 bits per heavy atom. The van der Waals surface area contributed by atoms with Crippen molar-refractivity contribution in [2.24, 2.45) is 0 Å². The summed E-state index contributed by atoms with van der Waals surface area (Å²) in [6.07, 6.45) is 1.78. The van der Waals surface area contributed by atoms with Gasteiger partial charge in [0.1, 0.15) is 0 Å². The van der Waals surface area contributed by atoms with Gasteiger partial charge in [0.25, 0.3) is 0 Å². The average molecular weight is 238 g/mol. The summed E-state index contributed by atoms with van der Waals surface area (Å²) in [5.74, 6) is 0. The van der Waals surface area contributed by atoms with Crippen LogP contribution in [0.4, 0.5) is 0 Å². The van der Waals surface area contributed by atoms with Crippen molar-refractivity contribution in [1.29, 1.82) is 0 Å². The van der Waals surface area contributed by atoms with Crippen LogP contribution >= 0.6 is 30.1 Å². The molecule has 0 unspecified atom stereocenters. The Bertz CT molecular complexity index is 212. The molecule has 1 aromatic carbocycles. The van der Waals surface area contributed by atoms with Crippen molar-refractivity contribution in [3.63, 3.8) is 0 Å². The van der Waals surface area contributed by atoms with Crippen LogP contribution < -0.4 is 0 Å². The van der Waals surface area contributed by atoms with E-state index < -0.39 is 11.4 Å². The highest BCUT2D eigenvalue weighted by Gasteiger charge is 2.00. The maximum atomic E-state index is 9.88. The Labute approximate surface area is 88.2 Å². The molecule has 0 atom stereocenters. The van der Waals surface area contributed by atoms with E-state index in [4.69, 9.17) is 30.1 Å². The SMILES string of the molecule is O=[C]c1ccccc1.[Cl][Al]([Cl])[Cl]. The van der Waals surface area contributed by atoms with Crippen LogP contribution in [-0.4, -0.2) is 17.7 Å². The first kappa shape index (κ1) is 12.3. The molecule has 0 aliphatic heterocycles. The zero-order valence-electron chi connectivity index (χ0n) is 6.01. The number of carbonyl (C=O) groups excluding carboxylic acids is 1. The lowest BCUT2D eigenvalue weighted by Crippen LogP contribution is -1.73. The first-order valence-electron chi connectivity index (χ1n) is 3.02. The second-order valence-electron chi connectivity index (χ2n) is 1.72. The highest BCUT2D eigenvalue weighted by atomic mass is 35.8. The molecule has 0 bridgehead atoms. The van der Waals surface area contributed by atoms with Crippen molar-refractivity contribution < 1.29 is 4.79 Å². The molecule has 0 fully saturated rings. The Balaban J connectivity index is 0.000000261. The number of halogens is 3. The first-order valence-corrected chi connectivity index (χ1v) is 8.26. The predicted molar refractivity (Wildman–Crippen MR) is 54.6 cm³/mol. The van der Waals surface area contributed by atoms with E-state index in [1.165, 1.54) is 0 Å². The standard InChI is InChI=1S/C7H5O.Al.3ClH/c8-6-7-4-2-1-3-5-7;;;;/h1-5H;;3*1H/q;+3;;;/p-3. The summed E-state index contributed by atoms with van der Waals surface area (Å²) in [5.41, 5.74) is 0.604. The van der Waals surface area contributed by atoms with Crippen LogP contribution in [0.5, 0.6) is 0 Å². The van der Waals surface area contributed by atoms with Crippen LogP contribution in [0.3, 0.4) is 0 Å². The number of benzene rings is 1. The van der Waals surface area contributed by atoms with Crippen LogP contribution in [0.15, 0.2) is 30.3 Å². The number of hydrogen-bond acceptors (Lipinski definition) is 1. The fourth-order valence-electron chi connectivity index (χ4n) is 0.506. The molecule has 1 aromatic rings. The van der Waals surface area contributed by atoms with Gasteiger partial charge in [-0.25, -0.2) is 30.1 Å². The van der Waals surface area contributed by atoms with E-state index in [9.17, 15) is 4.79 Å². The molecule has 1 nitrogen and oxygen atoms in total. The molecule has 0 aromatic heterocycles. The van der Waals surface area contributed by atoms with Crippen molar-refractivity contribution in [2.45, 2.75) is 0 Å². The Kier molecular flexibility index (Phi) is 8.11. The first-order chi connectivity index (χ1) is 5.66. The lowest BCUT2D eigenvalue weighted by atomic mass is 10.2. The molecule has 0 saturated carbocycles. The average Bonchev–Trinajstić information content (AvgIpc) is 2.05. The van der Waals surface area contributed by atoms with Gasteiger partial charge in [0, 0.05) is 5.56 Å². The molecule has 0 aliphatic carbocycles. The van der Waals surface area contributed by atoms with Crippen LogP contribution in [0.2, 0.25) is 0 Å². The molecule has 0 spiro atoms. The zero-order chi connectivity index (χ0) is 9.40. The highest BCUT2D eigenvalue weighted by Crippen LogP contribution is 1.97. The second-order valence-corrected chi connectivity index (χ2v) is 8.15. The van der Waals surface area contributed by atoms with Gasteiger partial charge in [0.15, 0.2) is 0 Å². The van der Waals surface area contributed by atoms with Crippen molar-refractivity contribution in [2.75, 3.05) is 0 Å². The predicted octanol–water partition coefficient (Wildman–Crippen LogP) is 2.83. The molecule has 0 amide bonds. The van der Waals surface area contributed by atoms with E-state index in [1.54, 1.807) is 30.6 Å². The second kappa shape index (κ2) is 7.92. The molecular weight excluding hydrogens is 233 g/mol. The monoisotopic (exact) mass is 237 g/mol. The van der Waals surface area contributed by atoms with Crippen molar-refractivity contribution in [3.8, 4) is 0 Å². The van der Waals surface area contributed by atoms with Gasteiger partial charge in [-0.15, -0.1) is 0 Å². The van der Waals surface area contributed by atoms with E-state index in [0.717, 1.165) is 0 Å². The van der Waals surface area contributed by atoms with Gasteiger partial charge in [-0.1, -0.05) is 30.3 Å². The summed E-state index contributed by atoms with van der Waals surface area (Å²) in [4.78, 5) is 9.88. The maximum absolute atomic E-state index is 9.88. The van der Waals surface area contributed by atoms with Gasteiger partial charge < -0.3 is 0 Å². The third-order valence-electron chi connectivity index (χ3n) is 0.892. The molecule has 0 aliphatic rings. The molecule has 1 rings (SSSR count). The molecular formula is C7H5AlCl3O. The van der Waals surface area contributed by atoms with Crippen LogP contribution in [0.25, 0.3) is 0 Å². The van der Waals surface area contributed by atoms with Crippen LogP contribution in [0.1, 0.15) is 5.56 Å². The van der Waals surface area contributed by atoms with E-state index in [2.05, 4.69) is 0 Å². The highest BCUT2D eigenvalue weighted by molar-refractivity contribution is 7.54. The molecule has 0 saturated heterocycles. The Morgan fingerprint density at radius 3 is 1.75 bits per heavy atom. The minimum absolute atomic E-state index is 0.604. The molecule has 0 heterocycles. The molecule has 63 valence electrons. The smallest absolute Gasteiger partial charge is 0.285 e. The van der Waals surface area contributed by atoms with E-state index in [0.29, 0.717) is 5.56 Å². The number of hydrogen-bond donors (Lipinski definition) is 0. The van der Waals surface area contributed by atoms with Crippen molar-refractivity contribution >= 4 is 47.8 Å². The third-order valence-corrected chi connectivity index (χ3v) is 0.892. The zero-order valence-corrected chi connectivity index (χ0v) is 9.43. The summed E-state index contributed by atoms with van der Waals surface area (Å²) in [5, 5.41) is 0. The van der Waals surface area contributed by atoms with Gasteiger partial charge in [-0.05, 0) is 0 Å². The summed E-state index contributed by atoms with van der Waals surface area (Å²) in [7, 11) is 14.8. The molecule has 5 heteroatoms. The van der Waals surface area contributed by atoms with Gasteiger partial charge in [-0.2, -0.15) is 0 Å². The van der Waals surface area contributed by atoms with E-state index >= 15 is 0 Å². The molecule has 1 radical (unpaired) electrons. The Morgan fingerprint density at radius 2 is 1.50 bits per heavy atom. The fourth-order valence-corrected chi connectivity index (χ4v) is 0.506. The fraction of sp³-hybridized carbons (Fsp3) is 0. The van der Waals surface area contributed by atoms with Gasteiger partial charge in [0.2, 0.25) is 6.29 Å². The summed E-state index contributed by atoms with van der Waals surface area (Å²) in [6.45, 7) is 0. The van der Waals surface area contributed by atoms with Gasteiger partial charge >= 0.3 is 11.4 Å². The van der Waals surface area contributed by atoms with Crippen molar-refractivity contribution in [3.05, 3.63) is 35.9 Å². The molecule has 0 N–H and O–H groups in total. The number of rotatable bonds is 1. The minimum atomic E-state index is -1.72. The van der Waals surface area contributed by atoms with Crippen LogP contribution in [-0.2, 0) is 4.79 Å². The summed E-state index contributed by atoms with van der Waals surface area (Å²) >= 11 is -1.72. The van der Waals surface area contributed by atoms with E-state index in [1.807, 2.05) is 6.07 Å². The van der Waals surface area contributed by atoms with Gasteiger partial charge in [0.05, 0.1) is 0 Å². The quantitative estimate of drug-likeness (QED) is 0.688.